The summed E-state index contributed by atoms with van der Waals surface area (Å²) in [6, 6.07) is 12.0. The van der Waals surface area contributed by atoms with Crippen molar-refractivity contribution < 1.29 is 0 Å². The molecule has 108 valence electrons. The first-order valence-electron chi connectivity index (χ1n) is 6.56. The van der Waals surface area contributed by atoms with E-state index in [1.807, 2.05) is 54.8 Å². The van der Waals surface area contributed by atoms with Gasteiger partial charge in [0, 0.05) is 4.47 Å². The molecule has 0 aliphatic heterocycles. The van der Waals surface area contributed by atoms with Gasteiger partial charge in [-0.15, -0.1) is 11.6 Å². The minimum atomic E-state index is -0.214. The Morgan fingerprint density at radius 1 is 1.19 bits per heavy atom. The maximum Gasteiger partial charge on any atom is 0.132 e. The van der Waals surface area contributed by atoms with E-state index in [0.717, 1.165) is 32.6 Å². The molecule has 1 aromatic heterocycles. The summed E-state index contributed by atoms with van der Waals surface area (Å²) in [5.74, 6) is 0.788. The molecule has 0 N–H and O–H groups in total. The maximum atomic E-state index is 6.43. The fourth-order valence-electron chi connectivity index (χ4n) is 2.39. The molecule has 0 aliphatic rings. The van der Waals surface area contributed by atoms with Crippen LogP contribution in [0, 0.1) is 6.92 Å². The van der Waals surface area contributed by atoms with Gasteiger partial charge in [-0.2, -0.15) is 0 Å². The molecule has 1 heterocycles. The fourth-order valence-corrected chi connectivity index (χ4v) is 3.20. The Labute approximate surface area is 141 Å². The highest BCUT2D eigenvalue weighted by atomic mass is 79.9. The third-order valence-electron chi connectivity index (χ3n) is 3.34. The van der Waals surface area contributed by atoms with Gasteiger partial charge in [-0.3, -0.25) is 4.57 Å². The van der Waals surface area contributed by atoms with Gasteiger partial charge in [-0.25, -0.2) is 4.98 Å². The van der Waals surface area contributed by atoms with Crippen LogP contribution >= 0.6 is 39.1 Å². The lowest BCUT2D eigenvalue weighted by atomic mass is 10.2. The number of aromatic nitrogens is 2. The third kappa shape index (κ3) is 2.70. The van der Waals surface area contributed by atoms with Gasteiger partial charge >= 0.3 is 0 Å². The number of halogens is 3. The van der Waals surface area contributed by atoms with E-state index in [1.54, 1.807) is 0 Å². The average molecular weight is 384 g/mol. The van der Waals surface area contributed by atoms with Crippen molar-refractivity contribution in [1.29, 1.82) is 0 Å². The summed E-state index contributed by atoms with van der Waals surface area (Å²) in [7, 11) is 0. The van der Waals surface area contributed by atoms with Crippen molar-refractivity contribution in [3.8, 4) is 5.69 Å². The molecule has 3 aromatic rings. The summed E-state index contributed by atoms with van der Waals surface area (Å²) in [6.45, 7) is 3.93. The number of imidazole rings is 1. The molecule has 0 bridgehead atoms. The van der Waals surface area contributed by atoms with Crippen molar-refractivity contribution in [2.75, 3.05) is 0 Å². The molecular weight excluding hydrogens is 371 g/mol. The molecule has 1 unspecified atom stereocenters. The van der Waals surface area contributed by atoms with Crippen LogP contribution in [0.1, 0.15) is 23.7 Å². The number of hydrogen-bond donors (Lipinski definition) is 0. The minimum absolute atomic E-state index is 0.214. The predicted molar refractivity (Wildman–Crippen MR) is 92.8 cm³/mol. The smallest absolute Gasteiger partial charge is 0.132 e. The molecule has 0 radical (unpaired) electrons. The molecule has 21 heavy (non-hydrogen) atoms. The standard InChI is InChI=1S/C16H13BrCl2N2/c1-9-3-5-14(12(19)7-9)21-15-6-4-11(17)8-13(15)20-16(21)10(2)18/h3-8,10H,1-2H3. The van der Waals surface area contributed by atoms with Crippen LogP contribution in [0.2, 0.25) is 5.02 Å². The summed E-state index contributed by atoms with van der Waals surface area (Å²) in [5.41, 5.74) is 3.90. The SMILES string of the molecule is Cc1ccc(-n2c(C(C)Cl)nc3cc(Br)ccc32)c(Cl)c1. The van der Waals surface area contributed by atoms with E-state index in [-0.39, 0.29) is 5.38 Å². The van der Waals surface area contributed by atoms with Crippen molar-refractivity contribution in [2.24, 2.45) is 0 Å². The predicted octanol–water partition coefficient (Wildman–Crippen LogP) is 6.05. The molecule has 5 heteroatoms. The Hall–Kier alpha value is -1.03. The van der Waals surface area contributed by atoms with Crippen LogP contribution in [-0.2, 0) is 0 Å². The second-order valence-corrected chi connectivity index (χ2v) is 6.99. The van der Waals surface area contributed by atoms with Crippen LogP contribution in [0.5, 0.6) is 0 Å². The second-order valence-electron chi connectivity index (χ2n) is 5.01. The molecule has 2 nitrogen and oxygen atoms in total. The molecule has 0 saturated carbocycles. The Morgan fingerprint density at radius 3 is 2.62 bits per heavy atom. The number of rotatable bonds is 2. The van der Waals surface area contributed by atoms with Gasteiger partial charge < -0.3 is 0 Å². The van der Waals surface area contributed by atoms with Gasteiger partial charge in [-0.1, -0.05) is 33.6 Å². The van der Waals surface area contributed by atoms with E-state index in [2.05, 4.69) is 20.9 Å². The molecule has 0 amide bonds. The lowest BCUT2D eigenvalue weighted by molar-refractivity contribution is 0.882. The molecule has 0 fully saturated rings. The number of benzene rings is 2. The lowest BCUT2D eigenvalue weighted by Crippen LogP contribution is -2.02. The molecule has 0 spiro atoms. The quantitative estimate of drug-likeness (QED) is 0.492. The van der Waals surface area contributed by atoms with Crippen molar-refractivity contribution in [1.82, 2.24) is 9.55 Å². The Kier molecular flexibility index (Phi) is 4.00. The van der Waals surface area contributed by atoms with E-state index in [4.69, 9.17) is 23.2 Å². The summed E-state index contributed by atoms with van der Waals surface area (Å²) in [4.78, 5) is 4.66. The zero-order chi connectivity index (χ0) is 15.1. The summed E-state index contributed by atoms with van der Waals surface area (Å²) in [6.07, 6.45) is 0. The summed E-state index contributed by atoms with van der Waals surface area (Å²) < 4.78 is 3.02. The van der Waals surface area contributed by atoms with Crippen LogP contribution in [0.15, 0.2) is 40.9 Å². The fraction of sp³-hybridized carbons (Fsp3) is 0.188. The van der Waals surface area contributed by atoms with Crippen molar-refractivity contribution in [2.45, 2.75) is 19.2 Å². The van der Waals surface area contributed by atoms with E-state index in [0.29, 0.717) is 5.02 Å². The van der Waals surface area contributed by atoms with Crippen LogP contribution in [0.3, 0.4) is 0 Å². The van der Waals surface area contributed by atoms with E-state index in [1.165, 1.54) is 0 Å². The Bertz CT molecular complexity index is 825. The number of nitrogens with zero attached hydrogens (tertiary/aromatic N) is 2. The Balaban J connectivity index is 2.36. The zero-order valence-corrected chi connectivity index (χ0v) is 14.7. The zero-order valence-electron chi connectivity index (χ0n) is 11.6. The number of aryl methyl sites for hydroxylation is 1. The number of alkyl halides is 1. The first-order chi connectivity index (χ1) is 9.97. The normalized spacial score (nSPS) is 12.8. The monoisotopic (exact) mass is 382 g/mol. The van der Waals surface area contributed by atoms with Crippen LogP contribution < -0.4 is 0 Å². The van der Waals surface area contributed by atoms with E-state index < -0.39 is 0 Å². The van der Waals surface area contributed by atoms with Gasteiger partial charge in [-0.05, 0) is 49.7 Å². The van der Waals surface area contributed by atoms with Gasteiger partial charge in [0.05, 0.1) is 27.1 Å². The lowest BCUT2D eigenvalue weighted by Gasteiger charge is -2.12. The maximum absolute atomic E-state index is 6.43. The molecule has 0 aliphatic carbocycles. The number of fused-ring (bicyclic) bond motifs is 1. The molecule has 1 atom stereocenters. The van der Waals surface area contributed by atoms with Gasteiger partial charge in [0.1, 0.15) is 5.82 Å². The minimum Gasteiger partial charge on any atom is -0.294 e. The summed E-state index contributed by atoms with van der Waals surface area (Å²) in [5, 5.41) is 0.476. The van der Waals surface area contributed by atoms with Crippen LogP contribution in [-0.4, -0.2) is 9.55 Å². The Morgan fingerprint density at radius 2 is 1.95 bits per heavy atom. The first kappa shape index (κ1) is 14.9. The molecule has 3 rings (SSSR count). The number of hydrogen-bond acceptors (Lipinski definition) is 1. The van der Waals surface area contributed by atoms with Gasteiger partial charge in [0.2, 0.25) is 0 Å². The summed E-state index contributed by atoms with van der Waals surface area (Å²) >= 11 is 16.2. The van der Waals surface area contributed by atoms with Crippen LogP contribution in [0.4, 0.5) is 0 Å². The second kappa shape index (κ2) is 5.64. The highest BCUT2D eigenvalue weighted by Crippen LogP contribution is 2.32. The molecule has 0 saturated heterocycles. The third-order valence-corrected chi connectivity index (χ3v) is 4.33. The molecular formula is C16H13BrCl2N2. The largest absolute Gasteiger partial charge is 0.294 e. The van der Waals surface area contributed by atoms with Gasteiger partial charge in [0.15, 0.2) is 0 Å². The first-order valence-corrected chi connectivity index (χ1v) is 8.16. The van der Waals surface area contributed by atoms with Crippen LogP contribution in [0.25, 0.3) is 16.7 Å². The topological polar surface area (TPSA) is 17.8 Å². The van der Waals surface area contributed by atoms with E-state index in [9.17, 15) is 0 Å². The van der Waals surface area contributed by atoms with E-state index >= 15 is 0 Å². The molecule has 2 aromatic carbocycles. The average Bonchev–Trinajstić information content (AvgIpc) is 2.77. The van der Waals surface area contributed by atoms with Crippen molar-refractivity contribution in [3.05, 3.63) is 57.3 Å². The highest BCUT2D eigenvalue weighted by molar-refractivity contribution is 9.10. The van der Waals surface area contributed by atoms with Gasteiger partial charge in [0.25, 0.3) is 0 Å². The highest BCUT2D eigenvalue weighted by Gasteiger charge is 2.18. The van der Waals surface area contributed by atoms with Crippen molar-refractivity contribution in [3.63, 3.8) is 0 Å². The van der Waals surface area contributed by atoms with Crippen molar-refractivity contribution >= 4 is 50.2 Å².